The second-order valence-electron chi connectivity index (χ2n) is 3.91. The SMILES string of the molecule is COc1c(C)c(O)c(CO)c2c1C(=O)OC2OC. The van der Waals surface area contributed by atoms with Crippen LogP contribution in [0.1, 0.15) is 33.3 Å². The van der Waals surface area contributed by atoms with Crippen molar-refractivity contribution in [1.82, 2.24) is 0 Å². The molecule has 0 bridgehead atoms. The minimum Gasteiger partial charge on any atom is -0.507 e. The van der Waals surface area contributed by atoms with Crippen molar-refractivity contribution in [2.45, 2.75) is 19.8 Å². The third-order valence-electron chi connectivity index (χ3n) is 3.03. The summed E-state index contributed by atoms with van der Waals surface area (Å²) in [6.45, 7) is 1.18. The zero-order chi connectivity index (χ0) is 13.4. The molecule has 1 aliphatic heterocycles. The summed E-state index contributed by atoms with van der Waals surface area (Å²) in [6, 6.07) is 0. The van der Waals surface area contributed by atoms with Crippen molar-refractivity contribution in [2.24, 2.45) is 0 Å². The van der Waals surface area contributed by atoms with Crippen LogP contribution in [0.25, 0.3) is 0 Å². The Labute approximate surface area is 104 Å². The van der Waals surface area contributed by atoms with Crippen molar-refractivity contribution in [3.8, 4) is 11.5 Å². The van der Waals surface area contributed by atoms with Gasteiger partial charge in [-0.3, -0.25) is 0 Å². The Morgan fingerprint density at radius 2 is 2.06 bits per heavy atom. The molecule has 98 valence electrons. The van der Waals surface area contributed by atoms with Crippen LogP contribution < -0.4 is 4.74 Å². The zero-order valence-corrected chi connectivity index (χ0v) is 10.3. The normalized spacial score (nSPS) is 17.6. The molecule has 0 saturated carbocycles. The van der Waals surface area contributed by atoms with Gasteiger partial charge in [0, 0.05) is 23.8 Å². The fourth-order valence-corrected chi connectivity index (χ4v) is 2.18. The summed E-state index contributed by atoms with van der Waals surface area (Å²) < 4.78 is 15.2. The Kier molecular flexibility index (Phi) is 3.14. The lowest BCUT2D eigenvalue weighted by Gasteiger charge is -2.16. The number of carbonyl (C=O) groups excluding carboxylic acids is 1. The quantitative estimate of drug-likeness (QED) is 0.783. The zero-order valence-electron chi connectivity index (χ0n) is 10.3. The summed E-state index contributed by atoms with van der Waals surface area (Å²) in [7, 11) is 2.77. The maximum atomic E-state index is 11.8. The van der Waals surface area contributed by atoms with Crippen LogP contribution in [0.2, 0.25) is 0 Å². The third kappa shape index (κ3) is 1.53. The summed E-state index contributed by atoms with van der Waals surface area (Å²) in [4.78, 5) is 11.8. The Morgan fingerprint density at radius 1 is 1.39 bits per heavy atom. The molecular weight excluding hydrogens is 240 g/mol. The number of rotatable bonds is 3. The molecule has 0 saturated heterocycles. The second kappa shape index (κ2) is 4.47. The van der Waals surface area contributed by atoms with E-state index in [4.69, 9.17) is 14.2 Å². The van der Waals surface area contributed by atoms with Crippen molar-refractivity contribution >= 4 is 5.97 Å². The third-order valence-corrected chi connectivity index (χ3v) is 3.03. The van der Waals surface area contributed by atoms with Gasteiger partial charge in [-0.1, -0.05) is 0 Å². The number of cyclic esters (lactones) is 1. The van der Waals surface area contributed by atoms with E-state index in [2.05, 4.69) is 0 Å². The molecule has 1 aliphatic rings. The molecule has 1 unspecified atom stereocenters. The number of aliphatic hydroxyl groups excluding tert-OH is 1. The molecule has 6 heteroatoms. The van der Waals surface area contributed by atoms with Crippen LogP contribution in [-0.4, -0.2) is 30.4 Å². The van der Waals surface area contributed by atoms with Crippen molar-refractivity contribution < 1.29 is 29.2 Å². The van der Waals surface area contributed by atoms with Crippen LogP contribution in [0.15, 0.2) is 0 Å². The standard InChI is InChI=1S/C12H14O6/c1-5-9(14)6(4-13)7-8(10(5)16-2)11(15)18-12(7)17-3/h12-14H,4H2,1-3H3. The monoisotopic (exact) mass is 254 g/mol. The summed E-state index contributed by atoms with van der Waals surface area (Å²) in [6.07, 6.45) is -0.935. The van der Waals surface area contributed by atoms with Gasteiger partial charge in [-0.15, -0.1) is 0 Å². The molecule has 0 aromatic heterocycles. The molecule has 0 aliphatic carbocycles. The molecule has 0 fully saturated rings. The number of carbonyl (C=O) groups is 1. The molecule has 1 heterocycles. The summed E-state index contributed by atoms with van der Waals surface area (Å²) in [5, 5.41) is 19.4. The van der Waals surface area contributed by atoms with E-state index in [0.29, 0.717) is 11.1 Å². The topological polar surface area (TPSA) is 85.2 Å². The molecule has 1 atom stereocenters. The maximum absolute atomic E-state index is 11.8. The van der Waals surface area contributed by atoms with Crippen LogP contribution in [0.3, 0.4) is 0 Å². The first-order valence-electron chi connectivity index (χ1n) is 5.33. The van der Waals surface area contributed by atoms with E-state index in [-0.39, 0.29) is 22.6 Å². The Morgan fingerprint density at radius 3 is 2.56 bits per heavy atom. The fraction of sp³-hybridized carbons (Fsp3) is 0.417. The highest BCUT2D eigenvalue weighted by molar-refractivity contribution is 5.98. The fourth-order valence-electron chi connectivity index (χ4n) is 2.18. The van der Waals surface area contributed by atoms with E-state index in [1.54, 1.807) is 6.92 Å². The first-order chi connectivity index (χ1) is 8.56. The van der Waals surface area contributed by atoms with Gasteiger partial charge in [-0.2, -0.15) is 0 Å². The predicted octanol–water partition coefficient (Wildman–Crippen LogP) is 1.02. The van der Waals surface area contributed by atoms with E-state index < -0.39 is 18.9 Å². The molecule has 1 aromatic rings. The number of fused-ring (bicyclic) bond motifs is 1. The van der Waals surface area contributed by atoms with Gasteiger partial charge in [0.15, 0.2) is 0 Å². The van der Waals surface area contributed by atoms with E-state index in [1.807, 2.05) is 0 Å². The molecule has 0 amide bonds. The van der Waals surface area contributed by atoms with E-state index in [1.165, 1.54) is 14.2 Å². The highest BCUT2D eigenvalue weighted by Crippen LogP contribution is 2.45. The van der Waals surface area contributed by atoms with Gasteiger partial charge in [-0.25, -0.2) is 4.79 Å². The Hall–Kier alpha value is -1.79. The van der Waals surface area contributed by atoms with Gasteiger partial charge in [0.1, 0.15) is 17.1 Å². The number of benzene rings is 1. The number of phenols is 1. The van der Waals surface area contributed by atoms with Crippen molar-refractivity contribution in [1.29, 1.82) is 0 Å². The van der Waals surface area contributed by atoms with Crippen molar-refractivity contribution in [2.75, 3.05) is 14.2 Å². The van der Waals surface area contributed by atoms with E-state index in [0.717, 1.165) is 0 Å². The molecule has 2 N–H and O–H groups in total. The maximum Gasteiger partial charge on any atom is 0.345 e. The lowest BCUT2D eigenvalue weighted by Crippen LogP contribution is -2.05. The number of hydrogen-bond donors (Lipinski definition) is 2. The van der Waals surface area contributed by atoms with Gasteiger partial charge in [0.25, 0.3) is 0 Å². The smallest absolute Gasteiger partial charge is 0.345 e. The number of aliphatic hydroxyl groups is 1. The Bertz CT molecular complexity index is 508. The van der Waals surface area contributed by atoms with Crippen molar-refractivity contribution in [3.05, 3.63) is 22.3 Å². The van der Waals surface area contributed by atoms with Gasteiger partial charge >= 0.3 is 5.97 Å². The lowest BCUT2D eigenvalue weighted by molar-refractivity contribution is -0.0823. The number of ether oxygens (including phenoxy) is 3. The number of aromatic hydroxyl groups is 1. The van der Waals surface area contributed by atoms with Gasteiger partial charge in [0.2, 0.25) is 6.29 Å². The average molecular weight is 254 g/mol. The first kappa shape index (κ1) is 12.7. The van der Waals surface area contributed by atoms with E-state index in [9.17, 15) is 15.0 Å². The summed E-state index contributed by atoms with van der Waals surface area (Å²) in [5.41, 5.74) is 1.13. The lowest BCUT2D eigenvalue weighted by atomic mass is 9.96. The first-order valence-corrected chi connectivity index (χ1v) is 5.33. The largest absolute Gasteiger partial charge is 0.507 e. The molecule has 6 nitrogen and oxygen atoms in total. The highest BCUT2D eigenvalue weighted by atomic mass is 16.7. The van der Waals surface area contributed by atoms with Gasteiger partial charge in [0.05, 0.1) is 13.7 Å². The van der Waals surface area contributed by atoms with Crippen LogP contribution in [0.5, 0.6) is 11.5 Å². The number of hydrogen-bond acceptors (Lipinski definition) is 6. The van der Waals surface area contributed by atoms with Gasteiger partial charge < -0.3 is 24.4 Å². The van der Waals surface area contributed by atoms with Gasteiger partial charge in [-0.05, 0) is 6.92 Å². The second-order valence-corrected chi connectivity index (χ2v) is 3.91. The number of methoxy groups -OCH3 is 2. The Balaban J connectivity index is 2.82. The molecule has 0 radical (unpaired) electrons. The minimum atomic E-state index is -0.935. The summed E-state index contributed by atoms with van der Waals surface area (Å²) in [5.74, 6) is -0.468. The minimum absolute atomic E-state index is 0.117. The van der Waals surface area contributed by atoms with Crippen LogP contribution >= 0.6 is 0 Å². The van der Waals surface area contributed by atoms with Crippen LogP contribution in [0, 0.1) is 6.92 Å². The average Bonchev–Trinajstić information content (AvgIpc) is 2.69. The molecule has 18 heavy (non-hydrogen) atoms. The van der Waals surface area contributed by atoms with Crippen LogP contribution in [0.4, 0.5) is 0 Å². The molecule has 1 aromatic carbocycles. The summed E-state index contributed by atoms with van der Waals surface area (Å²) >= 11 is 0. The number of esters is 1. The molecular formula is C12H14O6. The highest BCUT2D eigenvalue weighted by Gasteiger charge is 2.39. The van der Waals surface area contributed by atoms with Crippen molar-refractivity contribution in [3.63, 3.8) is 0 Å². The predicted molar refractivity (Wildman–Crippen MR) is 60.5 cm³/mol. The molecule has 2 rings (SSSR count). The molecule has 0 spiro atoms. The van der Waals surface area contributed by atoms with Crippen LogP contribution in [-0.2, 0) is 16.1 Å². The van der Waals surface area contributed by atoms with E-state index >= 15 is 0 Å².